The van der Waals surface area contributed by atoms with Crippen LogP contribution >= 0.6 is 0 Å². The van der Waals surface area contributed by atoms with Crippen molar-refractivity contribution >= 4 is 5.69 Å². The number of ether oxygens (including phenoxy) is 2. The Morgan fingerprint density at radius 3 is 2.31 bits per heavy atom. The van der Waals surface area contributed by atoms with Crippen LogP contribution in [0.25, 0.3) is 0 Å². The molecule has 166 valence electrons. The number of nitrogens with one attached hydrogen (secondary N) is 1. The second-order valence-electron chi connectivity index (χ2n) is 7.12. The van der Waals surface area contributed by atoms with E-state index in [0.29, 0.717) is 43.7 Å². The van der Waals surface area contributed by atoms with Gasteiger partial charge in [0, 0.05) is 44.0 Å². The van der Waals surface area contributed by atoms with Gasteiger partial charge in [-0.1, -0.05) is 25.5 Å². The van der Waals surface area contributed by atoms with E-state index in [9.17, 15) is 26.3 Å². The Morgan fingerprint density at radius 2 is 1.79 bits per heavy atom. The maximum Gasteiger partial charge on any atom is 0.430 e. The van der Waals surface area contributed by atoms with Crippen LogP contribution in [0.3, 0.4) is 0 Å². The van der Waals surface area contributed by atoms with Crippen molar-refractivity contribution in [1.29, 1.82) is 0 Å². The highest BCUT2D eigenvalue weighted by Gasteiger charge is 2.73. The van der Waals surface area contributed by atoms with Crippen LogP contribution in [0, 0.1) is 0 Å². The van der Waals surface area contributed by atoms with Crippen molar-refractivity contribution in [1.82, 2.24) is 5.32 Å². The van der Waals surface area contributed by atoms with Crippen molar-refractivity contribution in [2.24, 2.45) is 0 Å². The number of hydrogen-bond acceptors (Lipinski definition) is 4. The molecule has 1 aromatic rings. The molecule has 0 aliphatic carbocycles. The summed E-state index contributed by atoms with van der Waals surface area (Å²) < 4.78 is 91.4. The predicted octanol–water partition coefficient (Wildman–Crippen LogP) is 4.38. The average molecular weight is 428 g/mol. The number of benzene rings is 1. The molecule has 2 rings (SSSR count). The van der Waals surface area contributed by atoms with Crippen LogP contribution in [0.15, 0.2) is 18.2 Å². The molecular formula is C19H26F6N2O2. The molecule has 4 nitrogen and oxygen atoms in total. The first-order valence-corrected chi connectivity index (χ1v) is 9.36. The minimum Gasteiger partial charge on any atom is -0.368 e. The lowest BCUT2D eigenvalue weighted by Crippen LogP contribution is -2.56. The van der Waals surface area contributed by atoms with E-state index in [4.69, 9.17) is 0 Å². The lowest BCUT2D eigenvalue weighted by atomic mass is 9.89. The lowest BCUT2D eigenvalue weighted by Gasteiger charge is -2.38. The van der Waals surface area contributed by atoms with Gasteiger partial charge in [-0.2, -0.15) is 26.3 Å². The van der Waals surface area contributed by atoms with Gasteiger partial charge >= 0.3 is 12.4 Å². The van der Waals surface area contributed by atoms with Crippen molar-refractivity contribution in [2.75, 3.05) is 38.4 Å². The number of aryl methyl sites for hydroxylation is 1. The van der Waals surface area contributed by atoms with Crippen molar-refractivity contribution in [3.63, 3.8) is 0 Å². The molecule has 0 radical (unpaired) electrons. The van der Waals surface area contributed by atoms with Crippen LogP contribution in [-0.4, -0.2) is 51.9 Å². The van der Waals surface area contributed by atoms with Crippen molar-refractivity contribution in [3.8, 4) is 0 Å². The highest BCUT2D eigenvalue weighted by molar-refractivity contribution is 5.57. The number of halogens is 6. The average Bonchev–Trinajstić information content (AvgIpc) is 2.60. The number of methoxy groups -OCH3 is 1. The van der Waals surface area contributed by atoms with Crippen molar-refractivity contribution in [2.45, 2.75) is 50.7 Å². The summed E-state index contributed by atoms with van der Waals surface area (Å²) in [6, 6.07) is 3.33. The molecule has 10 heteroatoms. The van der Waals surface area contributed by atoms with Crippen molar-refractivity contribution < 1.29 is 35.8 Å². The third kappa shape index (κ3) is 4.80. The molecule has 0 unspecified atom stereocenters. The first-order chi connectivity index (χ1) is 13.5. The normalized spacial score (nSPS) is 18.9. The van der Waals surface area contributed by atoms with Gasteiger partial charge in [0.05, 0.1) is 0 Å². The highest BCUT2D eigenvalue weighted by Crippen LogP contribution is 2.53. The molecule has 1 N–H and O–H groups in total. The Morgan fingerprint density at radius 1 is 1.14 bits per heavy atom. The molecule has 29 heavy (non-hydrogen) atoms. The zero-order valence-corrected chi connectivity index (χ0v) is 16.6. The molecule has 0 spiro atoms. The van der Waals surface area contributed by atoms with E-state index in [1.807, 2.05) is 18.7 Å². The number of rotatable bonds is 7. The quantitative estimate of drug-likeness (QED) is 0.516. The Kier molecular flexibility index (Phi) is 7.45. The van der Waals surface area contributed by atoms with E-state index in [0.717, 1.165) is 19.2 Å². The van der Waals surface area contributed by atoms with Gasteiger partial charge in [-0.25, -0.2) is 0 Å². The molecule has 0 saturated carbocycles. The molecular weight excluding hydrogens is 402 g/mol. The zero-order valence-electron chi connectivity index (χ0n) is 16.6. The van der Waals surface area contributed by atoms with E-state index in [2.05, 4.69) is 14.8 Å². The summed E-state index contributed by atoms with van der Waals surface area (Å²) in [6.45, 7) is 4.54. The van der Waals surface area contributed by atoms with Gasteiger partial charge in [-0.05, 0) is 25.0 Å². The van der Waals surface area contributed by atoms with Gasteiger partial charge in [0.25, 0.3) is 5.60 Å². The number of nitrogens with zero attached hydrogens (tertiary/aromatic N) is 1. The maximum absolute atomic E-state index is 13.8. The minimum atomic E-state index is -5.72. The van der Waals surface area contributed by atoms with Crippen LogP contribution in [0.4, 0.5) is 32.0 Å². The van der Waals surface area contributed by atoms with E-state index in [1.54, 1.807) is 0 Å². The highest BCUT2D eigenvalue weighted by atomic mass is 19.4. The predicted molar refractivity (Wildman–Crippen MR) is 96.9 cm³/mol. The Bertz CT molecular complexity index is 664. The summed E-state index contributed by atoms with van der Waals surface area (Å²) in [5.74, 6) is 0. The van der Waals surface area contributed by atoms with Crippen LogP contribution in [0.2, 0.25) is 0 Å². The van der Waals surface area contributed by atoms with E-state index < -0.39 is 30.3 Å². The van der Waals surface area contributed by atoms with E-state index in [-0.39, 0.29) is 6.04 Å². The third-order valence-electron chi connectivity index (χ3n) is 4.91. The fourth-order valence-corrected chi connectivity index (χ4v) is 3.62. The largest absolute Gasteiger partial charge is 0.430 e. The van der Waals surface area contributed by atoms with Crippen LogP contribution in [0.1, 0.15) is 31.4 Å². The van der Waals surface area contributed by atoms with Gasteiger partial charge in [-0.3, -0.25) is 0 Å². The summed E-state index contributed by atoms with van der Waals surface area (Å²) >= 11 is 0. The van der Waals surface area contributed by atoms with Crippen LogP contribution in [-0.2, 0) is 21.5 Å². The number of anilines is 1. The van der Waals surface area contributed by atoms with E-state index >= 15 is 0 Å². The second kappa shape index (κ2) is 9.09. The number of piperazine rings is 1. The molecule has 1 heterocycles. The van der Waals surface area contributed by atoms with Gasteiger partial charge < -0.3 is 19.7 Å². The Balaban J connectivity index is 2.61. The number of hydrogen-bond donors (Lipinski definition) is 1. The third-order valence-corrected chi connectivity index (χ3v) is 4.91. The summed E-state index contributed by atoms with van der Waals surface area (Å²) in [5, 5.41) is 3.26. The molecule has 0 aromatic heterocycles. The topological polar surface area (TPSA) is 33.7 Å². The first-order valence-electron chi connectivity index (χ1n) is 9.36. The smallest absolute Gasteiger partial charge is 0.368 e. The monoisotopic (exact) mass is 428 g/mol. The molecule has 1 saturated heterocycles. The minimum absolute atomic E-state index is 0.160. The first kappa shape index (κ1) is 23.8. The molecule has 1 atom stereocenters. The molecule has 1 fully saturated rings. The summed E-state index contributed by atoms with van der Waals surface area (Å²) in [5.41, 5.74) is -4.38. The summed E-state index contributed by atoms with van der Waals surface area (Å²) in [7, 11) is 0.967. The van der Waals surface area contributed by atoms with Gasteiger partial charge in [0.15, 0.2) is 0 Å². The second-order valence-corrected chi connectivity index (χ2v) is 7.12. The molecule has 1 aromatic carbocycles. The molecule has 0 amide bonds. The van der Waals surface area contributed by atoms with Gasteiger partial charge in [0.1, 0.15) is 6.79 Å². The summed E-state index contributed by atoms with van der Waals surface area (Å²) in [4.78, 5) is 1.98. The van der Waals surface area contributed by atoms with Crippen LogP contribution in [0.5, 0.6) is 0 Å². The summed E-state index contributed by atoms with van der Waals surface area (Å²) in [6.07, 6.45) is -10.5. The molecule has 1 aliphatic rings. The Hall–Kier alpha value is -1.52. The van der Waals surface area contributed by atoms with Crippen molar-refractivity contribution in [3.05, 3.63) is 29.3 Å². The van der Waals surface area contributed by atoms with Gasteiger partial charge in [-0.15, -0.1) is 0 Å². The lowest BCUT2D eigenvalue weighted by molar-refractivity contribution is -0.400. The maximum atomic E-state index is 13.8. The zero-order chi connectivity index (χ0) is 21.9. The van der Waals surface area contributed by atoms with Crippen LogP contribution < -0.4 is 10.2 Å². The van der Waals surface area contributed by atoms with E-state index in [1.165, 1.54) is 6.07 Å². The number of alkyl halides is 6. The Labute approximate surface area is 166 Å². The fraction of sp³-hybridized carbons (Fsp3) is 0.684. The standard InChI is InChI=1S/C19H26F6N2O2/c1-4-5-14-10-15(6-7-16(14)27-9-8-26-13(2)11-27)17(18(20,21)22,19(23,24)25)29-12-28-3/h6-7,10,13,26H,4-5,8-9,11-12H2,1-3H3/t13-/m1/s1. The fourth-order valence-electron chi connectivity index (χ4n) is 3.62. The molecule has 1 aliphatic heterocycles. The SMILES string of the molecule is CCCc1cc(C(OCOC)(C(F)(F)F)C(F)(F)F)ccc1N1CCN[C@H](C)C1. The van der Waals surface area contributed by atoms with Gasteiger partial charge in [0.2, 0.25) is 0 Å². The molecule has 0 bridgehead atoms.